The fourth-order valence-electron chi connectivity index (χ4n) is 2.01. The standard InChI is InChI=1S/C17H15Cl3N2O5/c1-8(27-17(24)15-14(20)13(19)10(18)7-21-15)16(23)22-9-4-5-11(25-2)12(6-9)26-3/h4-8H,1-3H3,(H,22,23). The minimum Gasteiger partial charge on any atom is -0.493 e. The number of halogens is 3. The maximum Gasteiger partial charge on any atom is 0.359 e. The summed E-state index contributed by atoms with van der Waals surface area (Å²) in [6, 6.07) is 4.82. The summed E-state index contributed by atoms with van der Waals surface area (Å²) in [5.41, 5.74) is 0.197. The molecule has 2 rings (SSSR count). The number of benzene rings is 1. The number of ether oxygens (including phenoxy) is 3. The number of carbonyl (C=O) groups is 2. The normalized spacial score (nSPS) is 11.5. The van der Waals surface area contributed by atoms with Crippen LogP contribution in [0.2, 0.25) is 15.1 Å². The van der Waals surface area contributed by atoms with E-state index in [9.17, 15) is 9.59 Å². The van der Waals surface area contributed by atoms with Gasteiger partial charge in [0.2, 0.25) is 0 Å². The van der Waals surface area contributed by atoms with E-state index < -0.39 is 18.0 Å². The predicted octanol–water partition coefficient (Wildman–Crippen LogP) is 4.24. The Bertz CT molecular complexity index is 876. The molecular weight excluding hydrogens is 419 g/mol. The second-order valence-corrected chi connectivity index (χ2v) is 6.35. The maximum atomic E-state index is 12.3. The molecule has 0 saturated heterocycles. The van der Waals surface area contributed by atoms with Gasteiger partial charge in [-0.15, -0.1) is 0 Å². The number of esters is 1. The molecule has 7 nitrogen and oxygen atoms in total. The molecule has 1 amide bonds. The first-order chi connectivity index (χ1) is 12.8. The number of hydrogen-bond acceptors (Lipinski definition) is 6. The summed E-state index contributed by atoms with van der Waals surface area (Å²) in [5.74, 6) is -0.526. The van der Waals surface area contributed by atoms with Gasteiger partial charge in [-0.1, -0.05) is 34.8 Å². The molecule has 144 valence electrons. The van der Waals surface area contributed by atoms with Crippen LogP contribution in [-0.4, -0.2) is 37.2 Å². The van der Waals surface area contributed by atoms with Gasteiger partial charge in [0.25, 0.3) is 5.91 Å². The lowest BCUT2D eigenvalue weighted by molar-refractivity contribution is -0.123. The molecule has 1 heterocycles. The number of amides is 1. The summed E-state index contributed by atoms with van der Waals surface area (Å²) < 4.78 is 15.4. The molecule has 1 aromatic heterocycles. The van der Waals surface area contributed by atoms with Crippen molar-refractivity contribution in [1.29, 1.82) is 0 Å². The number of rotatable bonds is 6. The molecule has 27 heavy (non-hydrogen) atoms. The molecule has 0 aliphatic rings. The van der Waals surface area contributed by atoms with Gasteiger partial charge in [-0.3, -0.25) is 4.79 Å². The third-order valence-electron chi connectivity index (χ3n) is 3.41. The van der Waals surface area contributed by atoms with Crippen LogP contribution in [0.5, 0.6) is 11.5 Å². The van der Waals surface area contributed by atoms with Crippen molar-refractivity contribution >= 4 is 52.4 Å². The number of hydrogen-bond donors (Lipinski definition) is 1. The van der Waals surface area contributed by atoms with Gasteiger partial charge in [0.15, 0.2) is 23.3 Å². The van der Waals surface area contributed by atoms with E-state index in [1.165, 1.54) is 27.3 Å². The first kappa shape index (κ1) is 21.1. The second kappa shape index (κ2) is 9.12. The molecule has 2 aromatic rings. The van der Waals surface area contributed by atoms with E-state index in [1.807, 2.05) is 0 Å². The van der Waals surface area contributed by atoms with Crippen LogP contribution in [0.3, 0.4) is 0 Å². The Morgan fingerprint density at radius 2 is 1.74 bits per heavy atom. The predicted molar refractivity (Wildman–Crippen MR) is 102 cm³/mol. The number of carbonyl (C=O) groups excluding carboxylic acids is 2. The van der Waals surface area contributed by atoms with Crippen LogP contribution in [0.4, 0.5) is 5.69 Å². The number of methoxy groups -OCH3 is 2. The third kappa shape index (κ3) is 4.94. The molecule has 0 spiro atoms. The van der Waals surface area contributed by atoms with E-state index in [0.717, 1.165) is 0 Å². The lowest BCUT2D eigenvalue weighted by Gasteiger charge is -2.15. The number of nitrogens with one attached hydrogen (secondary N) is 1. The number of nitrogens with zero attached hydrogens (tertiary/aromatic N) is 1. The molecule has 1 atom stereocenters. The highest BCUT2D eigenvalue weighted by Gasteiger charge is 2.24. The van der Waals surface area contributed by atoms with Crippen molar-refractivity contribution in [2.24, 2.45) is 0 Å². The number of anilines is 1. The largest absolute Gasteiger partial charge is 0.493 e. The first-order valence-electron chi connectivity index (χ1n) is 7.51. The number of pyridine rings is 1. The van der Waals surface area contributed by atoms with Gasteiger partial charge in [0.1, 0.15) is 0 Å². The lowest BCUT2D eigenvalue weighted by atomic mass is 10.2. The molecule has 0 bridgehead atoms. The summed E-state index contributed by atoms with van der Waals surface area (Å²) in [5, 5.41) is 2.53. The average Bonchev–Trinajstić information content (AvgIpc) is 2.65. The van der Waals surface area contributed by atoms with Crippen LogP contribution < -0.4 is 14.8 Å². The van der Waals surface area contributed by atoms with Gasteiger partial charge < -0.3 is 19.5 Å². The molecule has 0 aliphatic heterocycles. The molecule has 1 unspecified atom stereocenters. The quantitative estimate of drug-likeness (QED) is 0.686. The van der Waals surface area contributed by atoms with Gasteiger partial charge in [-0.25, -0.2) is 9.78 Å². The zero-order valence-electron chi connectivity index (χ0n) is 14.5. The van der Waals surface area contributed by atoms with Gasteiger partial charge >= 0.3 is 5.97 Å². The number of aromatic nitrogens is 1. The van der Waals surface area contributed by atoms with E-state index in [1.54, 1.807) is 18.2 Å². The topological polar surface area (TPSA) is 86.8 Å². The molecule has 1 aromatic carbocycles. The minimum atomic E-state index is -1.13. The summed E-state index contributed by atoms with van der Waals surface area (Å²) in [4.78, 5) is 28.3. The monoisotopic (exact) mass is 432 g/mol. The highest BCUT2D eigenvalue weighted by atomic mass is 35.5. The summed E-state index contributed by atoms with van der Waals surface area (Å²) in [6.07, 6.45) is 0.0405. The fraction of sp³-hybridized carbons (Fsp3) is 0.235. The Morgan fingerprint density at radius 1 is 1.07 bits per heavy atom. The van der Waals surface area contributed by atoms with Gasteiger partial charge in [0, 0.05) is 18.0 Å². The Hall–Kier alpha value is -2.22. The van der Waals surface area contributed by atoms with Crippen molar-refractivity contribution in [2.45, 2.75) is 13.0 Å². The molecule has 1 N–H and O–H groups in total. The Kier molecular flexibility index (Phi) is 7.12. The zero-order valence-corrected chi connectivity index (χ0v) is 16.8. The fourth-order valence-corrected chi connectivity index (χ4v) is 2.57. The lowest BCUT2D eigenvalue weighted by Crippen LogP contribution is -2.30. The van der Waals surface area contributed by atoms with Gasteiger partial charge in [-0.2, -0.15) is 0 Å². The molecule has 0 saturated carbocycles. The van der Waals surface area contributed by atoms with Crippen molar-refractivity contribution < 1.29 is 23.8 Å². The second-order valence-electron chi connectivity index (χ2n) is 5.19. The van der Waals surface area contributed by atoms with Crippen LogP contribution in [0, 0.1) is 0 Å². The smallest absolute Gasteiger partial charge is 0.359 e. The van der Waals surface area contributed by atoms with Crippen molar-refractivity contribution in [2.75, 3.05) is 19.5 Å². The van der Waals surface area contributed by atoms with Crippen LogP contribution in [-0.2, 0) is 9.53 Å². The van der Waals surface area contributed by atoms with E-state index in [4.69, 9.17) is 49.0 Å². The van der Waals surface area contributed by atoms with E-state index in [-0.39, 0.29) is 20.8 Å². The zero-order chi connectivity index (χ0) is 20.1. The molecule has 10 heteroatoms. The first-order valence-corrected chi connectivity index (χ1v) is 8.65. The van der Waals surface area contributed by atoms with E-state index in [0.29, 0.717) is 17.2 Å². The van der Waals surface area contributed by atoms with Crippen LogP contribution >= 0.6 is 34.8 Å². The van der Waals surface area contributed by atoms with Crippen molar-refractivity contribution in [3.8, 4) is 11.5 Å². The van der Waals surface area contributed by atoms with Gasteiger partial charge in [0.05, 0.1) is 29.3 Å². The summed E-state index contributed by atoms with van der Waals surface area (Å²) in [6.45, 7) is 1.40. The van der Waals surface area contributed by atoms with E-state index in [2.05, 4.69) is 10.3 Å². The van der Waals surface area contributed by atoms with Crippen LogP contribution in [0.1, 0.15) is 17.4 Å². The molecule has 0 aliphatic carbocycles. The minimum absolute atomic E-state index is 0.0253. The average molecular weight is 434 g/mol. The SMILES string of the molecule is COc1ccc(NC(=O)C(C)OC(=O)c2ncc(Cl)c(Cl)c2Cl)cc1OC. The molecule has 0 radical (unpaired) electrons. The molecule has 0 fully saturated rings. The summed E-state index contributed by atoms with van der Waals surface area (Å²) in [7, 11) is 2.97. The highest BCUT2D eigenvalue weighted by Crippen LogP contribution is 2.32. The Balaban J connectivity index is 2.07. The van der Waals surface area contributed by atoms with Crippen molar-refractivity contribution in [1.82, 2.24) is 4.98 Å². The Labute approximate surface area is 170 Å². The van der Waals surface area contributed by atoms with Gasteiger partial charge in [-0.05, 0) is 19.1 Å². The van der Waals surface area contributed by atoms with E-state index >= 15 is 0 Å². The maximum absolute atomic E-state index is 12.3. The Morgan fingerprint density at radius 3 is 2.37 bits per heavy atom. The molecular formula is C17H15Cl3N2O5. The summed E-state index contributed by atoms with van der Waals surface area (Å²) >= 11 is 17.6. The van der Waals surface area contributed by atoms with Crippen molar-refractivity contribution in [3.05, 3.63) is 45.2 Å². The van der Waals surface area contributed by atoms with Crippen LogP contribution in [0.15, 0.2) is 24.4 Å². The van der Waals surface area contributed by atoms with Crippen LogP contribution in [0.25, 0.3) is 0 Å². The van der Waals surface area contributed by atoms with Crippen molar-refractivity contribution in [3.63, 3.8) is 0 Å². The highest BCUT2D eigenvalue weighted by molar-refractivity contribution is 6.48. The third-order valence-corrected chi connectivity index (χ3v) is 4.66.